The Labute approximate surface area is 170 Å². The fourth-order valence-corrected chi connectivity index (χ4v) is 6.06. The van der Waals surface area contributed by atoms with E-state index in [1.807, 2.05) is 0 Å². The molecule has 1 aliphatic carbocycles. The number of carbonyl (C=O) groups is 1. The maximum atomic E-state index is 13.4. The lowest BCUT2D eigenvalue weighted by atomic mass is 10.1. The highest BCUT2D eigenvalue weighted by Gasteiger charge is 2.71. The minimum absolute atomic E-state index is 0.120. The Kier molecular flexibility index (Phi) is 5.44. The summed E-state index contributed by atoms with van der Waals surface area (Å²) < 4.78 is 45.5. The highest BCUT2D eigenvalue weighted by Crippen LogP contribution is 2.56. The zero-order valence-electron chi connectivity index (χ0n) is 16.6. The van der Waals surface area contributed by atoms with E-state index in [1.54, 1.807) is 39.0 Å². The second-order valence-electron chi connectivity index (χ2n) is 8.18. The van der Waals surface area contributed by atoms with Crippen LogP contribution in [0.5, 0.6) is 0 Å². The van der Waals surface area contributed by atoms with E-state index in [9.17, 15) is 17.6 Å². The summed E-state index contributed by atoms with van der Waals surface area (Å²) in [5, 5.41) is 1.70. The number of nitrogens with two attached hydrogens (primary N) is 1. The monoisotopic (exact) mass is 420 g/mol. The highest BCUT2D eigenvalue weighted by atomic mass is 32.2. The highest BCUT2D eigenvalue weighted by molar-refractivity contribution is 7.92. The van der Waals surface area contributed by atoms with Crippen LogP contribution in [0, 0.1) is 5.82 Å². The summed E-state index contributed by atoms with van der Waals surface area (Å²) in [4.78, 5) is 12.6. The van der Waals surface area contributed by atoms with E-state index in [1.165, 1.54) is 36.4 Å². The van der Waals surface area contributed by atoms with Gasteiger partial charge in [0.25, 0.3) is 0 Å². The standard InChI is InChI=1S/C21H25FN2O4S/c1-20(2,3)28-19(25)24-21(13-23)17(14-9-11-15(22)12-10-14)18(21)29(26,27)16-7-5-4-6-8-16/h4-12,17-18H,13,23H2,1-3H3,(H,24,25)/t17-,18-,21-/m0/s1. The topological polar surface area (TPSA) is 98.5 Å². The van der Waals surface area contributed by atoms with Crippen LogP contribution >= 0.6 is 0 Å². The first-order valence-electron chi connectivity index (χ1n) is 9.27. The number of halogens is 1. The molecule has 29 heavy (non-hydrogen) atoms. The first kappa shape index (κ1) is 21.3. The number of amides is 1. The van der Waals surface area contributed by atoms with Crippen LogP contribution in [0.15, 0.2) is 59.5 Å². The van der Waals surface area contributed by atoms with Gasteiger partial charge in [0.15, 0.2) is 9.84 Å². The van der Waals surface area contributed by atoms with Crippen LogP contribution in [-0.4, -0.2) is 37.4 Å². The molecule has 1 saturated carbocycles. The Morgan fingerprint density at radius 3 is 2.24 bits per heavy atom. The van der Waals surface area contributed by atoms with Crippen molar-refractivity contribution in [1.29, 1.82) is 0 Å². The summed E-state index contributed by atoms with van der Waals surface area (Å²) in [5.74, 6) is -1.07. The molecule has 3 rings (SSSR count). The number of ether oxygens (including phenoxy) is 1. The molecule has 0 heterocycles. The van der Waals surface area contributed by atoms with Gasteiger partial charge in [0.1, 0.15) is 16.7 Å². The lowest BCUT2D eigenvalue weighted by molar-refractivity contribution is 0.0497. The second-order valence-corrected chi connectivity index (χ2v) is 10.2. The molecule has 0 spiro atoms. The first-order valence-corrected chi connectivity index (χ1v) is 10.8. The van der Waals surface area contributed by atoms with Crippen molar-refractivity contribution in [1.82, 2.24) is 5.32 Å². The number of nitrogens with one attached hydrogen (secondary N) is 1. The molecule has 1 fully saturated rings. The average Bonchev–Trinajstić information content (AvgIpc) is 3.31. The fraction of sp³-hybridized carbons (Fsp3) is 0.381. The van der Waals surface area contributed by atoms with Crippen LogP contribution < -0.4 is 11.1 Å². The lowest BCUT2D eigenvalue weighted by Crippen LogP contribution is -2.49. The average molecular weight is 421 g/mol. The zero-order chi connectivity index (χ0) is 21.4. The van der Waals surface area contributed by atoms with Gasteiger partial charge in [0, 0.05) is 12.5 Å². The molecule has 0 saturated heterocycles. The molecule has 0 aromatic heterocycles. The molecule has 8 heteroatoms. The number of rotatable bonds is 5. The molecule has 0 aliphatic heterocycles. The van der Waals surface area contributed by atoms with Crippen LogP contribution in [0.2, 0.25) is 0 Å². The fourth-order valence-electron chi connectivity index (χ4n) is 3.70. The first-order chi connectivity index (χ1) is 13.5. The van der Waals surface area contributed by atoms with Crippen molar-refractivity contribution in [3.8, 4) is 0 Å². The Hall–Kier alpha value is -2.45. The van der Waals surface area contributed by atoms with Gasteiger partial charge in [-0.2, -0.15) is 0 Å². The quantitative estimate of drug-likeness (QED) is 0.775. The molecule has 0 unspecified atom stereocenters. The third-order valence-corrected chi connectivity index (χ3v) is 7.25. The summed E-state index contributed by atoms with van der Waals surface area (Å²) >= 11 is 0. The normalized spacial score (nSPS) is 24.0. The van der Waals surface area contributed by atoms with E-state index in [0.29, 0.717) is 5.56 Å². The van der Waals surface area contributed by atoms with Crippen molar-refractivity contribution in [3.63, 3.8) is 0 Å². The number of hydrogen-bond donors (Lipinski definition) is 2. The molecule has 1 amide bonds. The largest absolute Gasteiger partial charge is 0.444 e. The van der Waals surface area contributed by atoms with E-state index < -0.39 is 44.1 Å². The van der Waals surface area contributed by atoms with Gasteiger partial charge in [-0.25, -0.2) is 17.6 Å². The molecule has 0 bridgehead atoms. The Bertz CT molecular complexity index is 988. The maximum absolute atomic E-state index is 13.4. The molecule has 3 N–H and O–H groups in total. The minimum Gasteiger partial charge on any atom is -0.444 e. The second kappa shape index (κ2) is 7.42. The van der Waals surface area contributed by atoms with Crippen LogP contribution in [0.3, 0.4) is 0 Å². The van der Waals surface area contributed by atoms with Gasteiger partial charge in [-0.1, -0.05) is 30.3 Å². The van der Waals surface area contributed by atoms with Crippen molar-refractivity contribution in [2.24, 2.45) is 5.73 Å². The Morgan fingerprint density at radius 1 is 1.14 bits per heavy atom. The van der Waals surface area contributed by atoms with Gasteiger partial charge in [-0.3, -0.25) is 0 Å². The summed E-state index contributed by atoms with van der Waals surface area (Å²) in [6.45, 7) is 5.02. The van der Waals surface area contributed by atoms with E-state index >= 15 is 0 Å². The predicted octanol–water partition coefficient (Wildman–Crippen LogP) is 2.99. The van der Waals surface area contributed by atoms with Crippen molar-refractivity contribution < 1.29 is 22.3 Å². The van der Waals surface area contributed by atoms with Gasteiger partial charge in [0.05, 0.1) is 10.4 Å². The van der Waals surface area contributed by atoms with E-state index in [-0.39, 0.29) is 11.4 Å². The van der Waals surface area contributed by atoms with E-state index in [0.717, 1.165) is 0 Å². The van der Waals surface area contributed by atoms with Crippen LogP contribution in [0.4, 0.5) is 9.18 Å². The summed E-state index contributed by atoms with van der Waals surface area (Å²) in [6.07, 6.45) is -0.749. The van der Waals surface area contributed by atoms with E-state index in [2.05, 4.69) is 5.32 Å². The van der Waals surface area contributed by atoms with Crippen molar-refractivity contribution in [3.05, 3.63) is 66.0 Å². The van der Waals surface area contributed by atoms with Crippen LogP contribution in [-0.2, 0) is 14.6 Å². The van der Waals surface area contributed by atoms with Gasteiger partial charge in [-0.05, 0) is 50.6 Å². The van der Waals surface area contributed by atoms with Crippen molar-refractivity contribution >= 4 is 15.9 Å². The Balaban J connectivity index is 2.03. The van der Waals surface area contributed by atoms with E-state index in [4.69, 9.17) is 10.5 Å². The zero-order valence-corrected chi connectivity index (χ0v) is 17.4. The third-order valence-electron chi connectivity index (χ3n) is 4.96. The molecular formula is C21H25FN2O4S. The SMILES string of the molecule is CC(C)(C)OC(=O)N[C@@]1(CN)[C@@H](c2ccc(F)cc2)[C@@H]1S(=O)(=O)c1ccccc1. The van der Waals surface area contributed by atoms with Gasteiger partial charge in [-0.15, -0.1) is 0 Å². The molecule has 0 radical (unpaired) electrons. The molecule has 6 nitrogen and oxygen atoms in total. The van der Waals surface area contributed by atoms with Crippen LogP contribution in [0.1, 0.15) is 32.3 Å². The molecule has 3 atom stereocenters. The number of carbonyl (C=O) groups excluding carboxylic acids is 1. The predicted molar refractivity (Wildman–Crippen MR) is 108 cm³/mol. The molecule has 1 aliphatic rings. The molecule has 156 valence electrons. The van der Waals surface area contributed by atoms with Crippen molar-refractivity contribution in [2.45, 2.75) is 48.0 Å². The third kappa shape index (κ3) is 4.13. The molecule has 2 aromatic rings. The minimum atomic E-state index is -3.83. The maximum Gasteiger partial charge on any atom is 0.408 e. The summed E-state index contributed by atoms with van der Waals surface area (Å²) in [5.41, 5.74) is 4.56. The Morgan fingerprint density at radius 2 is 1.72 bits per heavy atom. The van der Waals surface area contributed by atoms with Gasteiger partial charge in [0.2, 0.25) is 0 Å². The summed E-state index contributed by atoms with van der Waals surface area (Å²) in [7, 11) is -3.83. The van der Waals surface area contributed by atoms with Gasteiger partial charge >= 0.3 is 6.09 Å². The molecule has 2 aromatic carbocycles. The molecular weight excluding hydrogens is 395 g/mol. The number of benzene rings is 2. The number of sulfone groups is 1. The van der Waals surface area contributed by atoms with Crippen LogP contribution in [0.25, 0.3) is 0 Å². The number of hydrogen-bond acceptors (Lipinski definition) is 5. The summed E-state index contributed by atoms with van der Waals surface area (Å²) in [6, 6.07) is 13.5. The lowest BCUT2D eigenvalue weighted by Gasteiger charge is -2.24. The number of alkyl carbamates (subject to hydrolysis) is 1. The van der Waals surface area contributed by atoms with Gasteiger partial charge < -0.3 is 15.8 Å². The van der Waals surface area contributed by atoms with Crippen molar-refractivity contribution in [2.75, 3.05) is 6.54 Å². The smallest absolute Gasteiger partial charge is 0.408 e.